The molecule has 1 unspecified atom stereocenters. The van der Waals surface area contributed by atoms with E-state index in [1.807, 2.05) is 60.7 Å². The average Bonchev–Trinajstić information content (AvgIpc) is 3.11. The lowest BCUT2D eigenvalue weighted by atomic mass is 9.80. The highest BCUT2D eigenvalue weighted by atomic mass is 16.3. The topological polar surface area (TPSA) is 50.9 Å². The number of terminal acetylenes is 1. The highest BCUT2D eigenvalue weighted by molar-refractivity contribution is 5.39. The van der Waals surface area contributed by atoms with E-state index in [-0.39, 0.29) is 0 Å². The predicted molar refractivity (Wildman–Crippen MR) is 83.8 cm³/mol. The van der Waals surface area contributed by atoms with Crippen molar-refractivity contribution in [3.8, 4) is 12.3 Å². The van der Waals surface area contributed by atoms with Crippen LogP contribution in [0.2, 0.25) is 0 Å². The van der Waals surface area contributed by atoms with Gasteiger partial charge in [0.05, 0.1) is 0 Å². The summed E-state index contributed by atoms with van der Waals surface area (Å²) in [5, 5.41) is 15.7. The van der Waals surface area contributed by atoms with Crippen molar-refractivity contribution in [2.45, 2.75) is 11.6 Å². The number of nitrogens with zero attached hydrogens (tertiary/aromatic N) is 3. The Balaban J connectivity index is 2.22. The Hall–Kier alpha value is -2.90. The Morgan fingerprint density at radius 2 is 1.55 bits per heavy atom. The minimum Gasteiger partial charge on any atom is -0.377 e. The summed E-state index contributed by atoms with van der Waals surface area (Å²) in [5.41, 5.74) is 0.0182. The molecular formula is C18H15N3O. The second-order valence-corrected chi connectivity index (χ2v) is 4.94. The number of hydrogen-bond acceptors (Lipinski definition) is 3. The molecule has 0 aliphatic heterocycles. The maximum absolute atomic E-state index is 11.6. The molecule has 1 aromatic heterocycles. The van der Waals surface area contributed by atoms with Crippen molar-refractivity contribution in [1.29, 1.82) is 0 Å². The van der Waals surface area contributed by atoms with Crippen LogP contribution < -0.4 is 0 Å². The predicted octanol–water partition coefficient (Wildman–Crippen LogP) is 2.39. The lowest BCUT2D eigenvalue weighted by molar-refractivity contribution is 0.0404. The second-order valence-electron chi connectivity index (χ2n) is 4.94. The minimum absolute atomic E-state index is 0.708. The molecule has 0 saturated carbocycles. The Labute approximate surface area is 129 Å². The largest absolute Gasteiger partial charge is 0.377 e. The maximum atomic E-state index is 11.6. The summed E-state index contributed by atoms with van der Waals surface area (Å²) in [5.74, 6) is 2.65. The molecule has 3 rings (SSSR count). The molecule has 0 aliphatic carbocycles. The van der Waals surface area contributed by atoms with Crippen molar-refractivity contribution in [3.05, 3.63) is 84.4 Å². The lowest BCUT2D eigenvalue weighted by Gasteiger charge is -2.34. The first-order valence-electron chi connectivity index (χ1n) is 6.90. The zero-order chi connectivity index (χ0) is 15.4. The van der Waals surface area contributed by atoms with Gasteiger partial charge in [-0.25, -0.2) is 9.67 Å². The third-order valence-corrected chi connectivity index (χ3v) is 3.68. The van der Waals surface area contributed by atoms with Gasteiger partial charge in [0.1, 0.15) is 18.3 Å². The molecule has 4 heteroatoms. The molecule has 0 fully saturated rings. The van der Waals surface area contributed by atoms with Crippen LogP contribution in [-0.4, -0.2) is 19.9 Å². The van der Waals surface area contributed by atoms with Crippen molar-refractivity contribution in [3.63, 3.8) is 0 Å². The Bertz CT molecular complexity index is 722. The van der Waals surface area contributed by atoms with Crippen molar-refractivity contribution in [2.75, 3.05) is 0 Å². The quantitative estimate of drug-likeness (QED) is 0.750. The monoisotopic (exact) mass is 289 g/mol. The summed E-state index contributed by atoms with van der Waals surface area (Å²) in [6, 6.07) is 18.0. The molecule has 0 aliphatic rings. The van der Waals surface area contributed by atoms with E-state index in [9.17, 15) is 5.11 Å². The molecule has 1 atom stereocenters. The summed E-state index contributed by atoms with van der Waals surface area (Å²) in [4.78, 5) is 3.94. The highest BCUT2D eigenvalue weighted by Crippen LogP contribution is 2.38. The number of benzene rings is 2. The third kappa shape index (κ3) is 2.28. The summed E-state index contributed by atoms with van der Waals surface area (Å²) in [6.07, 6.45) is 8.64. The van der Waals surface area contributed by atoms with Gasteiger partial charge in [-0.15, -0.1) is 6.42 Å². The fourth-order valence-corrected chi connectivity index (χ4v) is 2.61. The zero-order valence-electron chi connectivity index (χ0n) is 11.9. The van der Waals surface area contributed by atoms with E-state index in [0.717, 1.165) is 0 Å². The van der Waals surface area contributed by atoms with E-state index in [1.165, 1.54) is 17.3 Å². The van der Waals surface area contributed by atoms with Gasteiger partial charge < -0.3 is 5.11 Å². The molecule has 0 bridgehead atoms. The molecule has 0 radical (unpaired) electrons. The highest BCUT2D eigenvalue weighted by Gasteiger charge is 2.41. The molecule has 1 heterocycles. The molecule has 108 valence electrons. The van der Waals surface area contributed by atoms with E-state index in [2.05, 4.69) is 16.0 Å². The van der Waals surface area contributed by atoms with E-state index in [0.29, 0.717) is 11.1 Å². The molecule has 0 saturated heterocycles. The first-order chi connectivity index (χ1) is 10.8. The van der Waals surface area contributed by atoms with E-state index < -0.39 is 11.6 Å². The summed E-state index contributed by atoms with van der Waals surface area (Å²) in [7, 11) is 0. The average molecular weight is 289 g/mol. The van der Waals surface area contributed by atoms with Gasteiger partial charge in [0, 0.05) is 0 Å². The molecular weight excluding hydrogens is 274 g/mol. The number of rotatable bonds is 4. The third-order valence-electron chi connectivity index (χ3n) is 3.68. The van der Waals surface area contributed by atoms with Crippen molar-refractivity contribution in [2.24, 2.45) is 0 Å². The van der Waals surface area contributed by atoms with Gasteiger partial charge in [0.2, 0.25) is 0 Å². The first kappa shape index (κ1) is 14.1. The smallest absolute Gasteiger partial charge is 0.151 e. The molecule has 3 aromatic rings. The lowest BCUT2D eigenvalue weighted by Crippen LogP contribution is -2.37. The molecule has 1 N–H and O–H groups in total. The van der Waals surface area contributed by atoms with Crippen molar-refractivity contribution < 1.29 is 5.11 Å². The maximum Gasteiger partial charge on any atom is 0.151 e. The van der Waals surface area contributed by atoms with Crippen LogP contribution in [-0.2, 0) is 5.60 Å². The fourth-order valence-electron chi connectivity index (χ4n) is 2.61. The van der Waals surface area contributed by atoms with Gasteiger partial charge >= 0.3 is 0 Å². The number of aliphatic hydroxyl groups is 1. The van der Waals surface area contributed by atoms with Gasteiger partial charge in [0.15, 0.2) is 6.04 Å². The number of aromatic nitrogens is 3. The van der Waals surface area contributed by atoms with Gasteiger partial charge in [-0.3, -0.25) is 0 Å². The van der Waals surface area contributed by atoms with Crippen LogP contribution in [0.3, 0.4) is 0 Å². The van der Waals surface area contributed by atoms with Gasteiger partial charge in [-0.1, -0.05) is 66.6 Å². The van der Waals surface area contributed by atoms with Crippen LogP contribution in [0.25, 0.3) is 0 Å². The molecule has 0 spiro atoms. The normalized spacial score (nSPS) is 12.5. The van der Waals surface area contributed by atoms with Gasteiger partial charge in [0.25, 0.3) is 0 Å². The second kappa shape index (κ2) is 5.84. The van der Waals surface area contributed by atoms with Gasteiger partial charge in [-0.2, -0.15) is 5.10 Å². The van der Waals surface area contributed by atoms with Crippen LogP contribution in [0.5, 0.6) is 0 Å². The molecule has 2 aromatic carbocycles. The number of hydrogen-bond donors (Lipinski definition) is 1. The van der Waals surface area contributed by atoms with E-state index in [4.69, 9.17) is 6.42 Å². The van der Waals surface area contributed by atoms with Crippen LogP contribution in [0, 0.1) is 12.3 Å². The summed E-state index contributed by atoms with van der Waals surface area (Å²) < 4.78 is 1.50. The molecule has 0 amide bonds. The van der Waals surface area contributed by atoms with E-state index >= 15 is 0 Å². The van der Waals surface area contributed by atoms with Crippen LogP contribution >= 0.6 is 0 Å². The van der Waals surface area contributed by atoms with Crippen LogP contribution in [0.4, 0.5) is 0 Å². The Morgan fingerprint density at radius 1 is 1.00 bits per heavy atom. The first-order valence-corrected chi connectivity index (χ1v) is 6.90. The van der Waals surface area contributed by atoms with Gasteiger partial charge in [-0.05, 0) is 11.1 Å². The van der Waals surface area contributed by atoms with E-state index in [1.54, 1.807) is 0 Å². The Morgan fingerprint density at radius 3 is 1.95 bits per heavy atom. The SMILES string of the molecule is C#CC(n1cncn1)C(O)(c1ccccc1)c1ccccc1. The summed E-state index contributed by atoms with van der Waals surface area (Å²) in [6.45, 7) is 0. The Kier molecular flexibility index (Phi) is 3.73. The standard InChI is InChI=1S/C18H15N3O/c1-2-17(21-14-19-13-20-21)18(22,15-9-5-3-6-10-15)16-11-7-4-8-12-16/h1,3-14,17,22H. The molecule has 22 heavy (non-hydrogen) atoms. The van der Waals surface area contributed by atoms with Crippen LogP contribution in [0.1, 0.15) is 17.2 Å². The van der Waals surface area contributed by atoms with Crippen molar-refractivity contribution in [1.82, 2.24) is 14.8 Å². The van der Waals surface area contributed by atoms with Crippen LogP contribution in [0.15, 0.2) is 73.3 Å². The zero-order valence-corrected chi connectivity index (χ0v) is 11.9. The molecule has 4 nitrogen and oxygen atoms in total. The fraction of sp³-hybridized carbons (Fsp3) is 0.111. The summed E-state index contributed by atoms with van der Waals surface area (Å²) >= 11 is 0. The minimum atomic E-state index is -1.40. The van der Waals surface area contributed by atoms with Crippen molar-refractivity contribution >= 4 is 0 Å².